The van der Waals surface area contributed by atoms with Crippen molar-refractivity contribution in [3.05, 3.63) is 73.6 Å². The Balaban J connectivity index is 1.34. The Hall–Kier alpha value is -2.88. The molecular formula is C23H22Cl2FN5O3. The summed E-state index contributed by atoms with van der Waals surface area (Å²) in [5.41, 5.74) is 1.24. The average molecular weight is 506 g/mol. The van der Waals surface area contributed by atoms with E-state index in [1.807, 2.05) is 0 Å². The minimum Gasteiger partial charge on any atom is -0.339 e. The molecule has 4 heterocycles. The highest BCUT2D eigenvalue weighted by Gasteiger charge is 2.32. The van der Waals surface area contributed by atoms with E-state index in [4.69, 9.17) is 23.2 Å². The maximum absolute atomic E-state index is 14.6. The highest BCUT2D eigenvalue weighted by molar-refractivity contribution is 6.42. The lowest BCUT2D eigenvalue weighted by Gasteiger charge is -2.38. The predicted octanol–water partition coefficient (Wildman–Crippen LogP) is 2.17. The number of H-pyrrole nitrogens is 1. The zero-order valence-corrected chi connectivity index (χ0v) is 19.6. The fourth-order valence-corrected chi connectivity index (χ4v) is 4.84. The van der Waals surface area contributed by atoms with Crippen molar-refractivity contribution in [2.45, 2.75) is 6.42 Å². The van der Waals surface area contributed by atoms with E-state index in [9.17, 15) is 18.8 Å². The summed E-state index contributed by atoms with van der Waals surface area (Å²) in [4.78, 5) is 43.6. The second-order valence-corrected chi connectivity index (χ2v) is 9.34. The van der Waals surface area contributed by atoms with Crippen molar-refractivity contribution >= 4 is 40.5 Å². The highest BCUT2D eigenvalue weighted by atomic mass is 35.5. The van der Waals surface area contributed by atoms with Crippen LogP contribution >= 0.6 is 23.2 Å². The van der Waals surface area contributed by atoms with E-state index in [0.29, 0.717) is 56.0 Å². The van der Waals surface area contributed by atoms with E-state index in [0.717, 1.165) is 0 Å². The van der Waals surface area contributed by atoms with Crippen molar-refractivity contribution in [1.29, 1.82) is 0 Å². The number of aromatic nitrogens is 2. The van der Waals surface area contributed by atoms with Crippen molar-refractivity contribution in [2.24, 2.45) is 5.92 Å². The first-order valence-corrected chi connectivity index (χ1v) is 11.7. The molecule has 34 heavy (non-hydrogen) atoms. The molecule has 2 aromatic heterocycles. The van der Waals surface area contributed by atoms with Crippen LogP contribution in [-0.4, -0.2) is 70.3 Å². The maximum atomic E-state index is 14.6. The van der Waals surface area contributed by atoms with Crippen molar-refractivity contribution in [2.75, 3.05) is 39.3 Å². The molecular weight excluding hydrogens is 484 g/mol. The summed E-state index contributed by atoms with van der Waals surface area (Å²) in [6.07, 6.45) is 1.81. The van der Waals surface area contributed by atoms with Crippen LogP contribution < -0.4 is 10.9 Å². The van der Waals surface area contributed by atoms with Gasteiger partial charge < -0.3 is 20.1 Å². The van der Waals surface area contributed by atoms with Gasteiger partial charge in [-0.15, -0.1) is 0 Å². The molecule has 1 aromatic carbocycles. The molecule has 0 radical (unpaired) electrons. The molecule has 2 N–H and O–H groups in total. The minimum absolute atomic E-state index is 0.0134. The van der Waals surface area contributed by atoms with Crippen molar-refractivity contribution in [1.82, 2.24) is 24.5 Å². The SMILES string of the molecule is O=C(c1cc(Cc2c[nH]c(=O)c3cc(Cl)c(Cl)n23)ccc1F)N1CCN(C(=O)C2CNC2)CC1. The van der Waals surface area contributed by atoms with Crippen molar-refractivity contribution < 1.29 is 14.0 Å². The number of nitrogens with one attached hydrogen (secondary N) is 2. The van der Waals surface area contributed by atoms with Gasteiger partial charge in [0, 0.05) is 57.6 Å². The van der Waals surface area contributed by atoms with E-state index in [2.05, 4.69) is 10.3 Å². The van der Waals surface area contributed by atoms with Crippen LogP contribution in [0.25, 0.3) is 5.52 Å². The number of amides is 2. The first kappa shape index (κ1) is 22.9. The standard InChI is InChI=1S/C23H22Cl2FN5O3/c24-17-9-19-21(32)28-12-15(31(19)20(17)25)7-13-1-2-18(26)16(8-13)23(34)30-5-3-29(4-6-30)22(33)14-10-27-11-14/h1-2,8-9,12,14,27H,3-7,10-11H2,(H,28,32). The number of carbonyl (C=O) groups excluding carboxylic acids is 2. The Morgan fingerprint density at radius 2 is 1.76 bits per heavy atom. The second-order valence-electron chi connectivity index (χ2n) is 8.58. The van der Waals surface area contributed by atoms with Crippen LogP contribution in [0.2, 0.25) is 10.2 Å². The molecule has 2 saturated heterocycles. The Morgan fingerprint density at radius 1 is 1.06 bits per heavy atom. The van der Waals surface area contributed by atoms with Gasteiger partial charge in [-0.25, -0.2) is 4.39 Å². The summed E-state index contributed by atoms with van der Waals surface area (Å²) < 4.78 is 16.2. The summed E-state index contributed by atoms with van der Waals surface area (Å²) >= 11 is 12.4. The van der Waals surface area contributed by atoms with Gasteiger partial charge in [0.05, 0.1) is 16.5 Å². The molecule has 8 nitrogen and oxygen atoms in total. The highest BCUT2D eigenvalue weighted by Crippen LogP contribution is 2.27. The summed E-state index contributed by atoms with van der Waals surface area (Å²) in [6.45, 7) is 2.96. The second kappa shape index (κ2) is 9.05. The van der Waals surface area contributed by atoms with Crippen LogP contribution in [0.3, 0.4) is 0 Å². The van der Waals surface area contributed by atoms with Gasteiger partial charge >= 0.3 is 0 Å². The lowest BCUT2D eigenvalue weighted by molar-refractivity contribution is -0.138. The molecule has 3 aromatic rings. The topological polar surface area (TPSA) is 89.9 Å². The molecule has 2 amide bonds. The lowest BCUT2D eigenvalue weighted by Crippen LogP contribution is -2.57. The van der Waals surface area contributed by atoms with Crippen LogP contribution in [0, 0.1) is 11.7 Å². The van der Waals surface area contributed by atoms with Gasteiger partial charge in [-0.05, 0) is 23.8 Å². The summed E-state index contributed by atoms with van der Waals surface area (Å²) in [7, 11) is 0. The summed E-state index contributed by atoms with van der Waals surface area (Å²) in [5.74, 6) is -0.902. The Morgan fingerprint density at radius 3 is 2.44 bits per heavy atom. The Bertz CT molecular complexity index is 1340. The fraction of sp³-hybridized carbons (Fsp3) is 0.348. The van der Waals surface area contributed by atoms with Gasteiger partial charge in [0.15, 0.2) is 0 Å². The van der Waals surface area contributed by atoms with Crippen LogP contribution in [-0.2, 0) is 11.2 Å². The fourth-order valence-electron chi connectivity index (χ4n) is 4.40. The molecule has 11 heteroatoms. The third kappa shape index (κ3) is 4.08. The number of piperazine rings is 1. The zero-order chi connectivity index (χ0) is 24.0. The van der Waals surface area contributed by atoms with E-state index in [1.54, 1.807) is 20.3 Å². The van der Waals surface area contributed by atoms with Gasteiger partial charge in [0.2, 0.25) is 5.91 Å². The number of benzene rings is 1. The number of hydrogen-bond acceptors (Lipinski definition) is 4. The summed E-state index contributed by atoms with van der Waals surface area (Å²) in [6, 6.07) is 5.85. The largest absolute Gasteiger partial charge is 0.339 e. The number of fused-ring (bicyclic) bond motifs is 1. The van der Waals surface area contributed by atoms with Crippen LogP contribution in [0.4, 0.5) is 4.39 Å². The molecule has 0 atom stereocenters. The Labute approximate surface area is 204 Å². The van der Waals surface area contributed by atoms with Crippen molar-refractivity contribution in [3.63, 3.8) is 0 Å². The van der Waals surface area contributed by atoms with Gasteiger partial charge in [-0.2, -0.15) is 0 Å². The minimum atomic E-state index is -0.610. The van der Waals surface area contributed by atoms with Gasteiger partial charge in [-0.1, -0.05) is 29.3 Å². The number of hydrogen-bond donors (Lipinski definition) is 2. The molecule has 2 fully saturated rings. The number of rotatable bonds is 4. The number of aromatic amines is 1. The quantitative estimate of drug-likeness (QED) is 0.568. The van der Waals surface area contributed by atoms with Crippen LogP contribution in [0.5, 0.6) is 0 Å². The Kier molecular flexibility index (Phi) is 6.09. The maximum Gasteiger partial charge on any atom is 0.272 e. The number of carbonyl (C=O) groups is 2. The first-order chi connectivity index (χ1) is 16.3. The predicted molar refractivity (Wildman–Crippen MR) is 126 cm³/mol. The third-order valence-corrected chi connectivity index (χ3v) is 7.20. The molecule has 0 unspecified atom stereocenters. The van der Waals surface area contributed by atoms with E-state index < -0.39 is 11.7 Å². The average Bonchev–Trinajstić information content (AvgIpc) is 3.11. The normalized spacial score (nSPS) is 16.7. The van der Waals surface area contributed by atoms with Crippen LogP contribution in [0.1, 0.15) is 21.6 Å². The smallest absolute Gasteiger partial charge is 0.272 e. The molecule has 2 aliphatic rings. The summed E-state index contributed by atoms with van der Waals surface area (Å²) in [5, 5.41) is 3.55. The molecule has 178 valence electrons. The zero-order valence-electron chi connectivity index (χ0n) is 18.1. The molecule has 2 aliphatic heterocycles. The monoisotopic (exact) mass is 505 g/mol. The molecule has 5 rings (SSSR count). The van der Waals surface area contributed by atoms with Gasteiger partial charge in [0.25, 0.3) is 11.5 Å². The molecule has 0 aliphatic carbocycles. The molecule has 0 bridgehead atoms. The molecule has 0 spiro atoms. The van der Waals surface area contributed by atoms with Gasteiger partial charge in [0.1, 0.15) is 16.5 Å². The van der Waals surface area contributed by atoms with E-state index >= 15 is 0 Å². The van der Waals surface area contributed by atoms with Gasteiger partial charge in [-0.3, -0.25) is 18.8 Å². The lowest BCUT2D eigenvalue weighted by atomic mass is 10.0. The van der Waals surface area contributed by atoms with E-state index in [1.165, 1.54) is 24.4 Å². The first-order valence-electron chi connectivity index (χ1n) is 11.0. The van der Waals surface area contributed by atoms with Crippen LogP contribution in [0.15, 0.2) is 35.3 Å². The van der Waals surface area contributed by atoms with E-state index in [-0.39, 0.29) is 39.5 Å². The number of nitrogens with zero attached hydrogens (tertiary/aromatic N) is 3. The molecule has 0 saturated carbocycles. The third-order valence-electron chi connectivity index (χ3n) is 6.44. The van der Waals surface area contributed by atoms with Crippen molar-refractivity contribution in [3.8, 4) is 0 Å². The number of halogens is 3.